The summed E-state index contributed by atoms with van der Waals surface area (Å²) in [6.07, 6.45) is 0.713. The summed E-state index contributed by atoms with van der Waals surface area (Å²) in [6.45, 7) is 1.93. The van der Waals surface area contributed by atoms with Gasteiger partial charge in [0, 0.05) is 10.9 Å². The van der Waals surface area contributed by atoms with E-state index in [4.69, 9.17) is 9.52 Å². The number of aryl methyl sites for hydroxylation is 1. The van der Waals surface area contributed by atoms with E-state index in [1.165, 1.54) is 18.2 Å². The average Bonchev–Trinajstić information content (AvgIpc) is 2.89. The number of carboxylic acids is 1. The molecule has 0 spiro atoms. The van der Waals surface area contributed by atoms with Crippen LogP contribution >= 0.6 is 15.9 Å². The predicted octanol–water partition coefficient (Wildman–Crippen LogP) is 3.56. The molecule has 1 heterocycles. The van der Waals surface area contributed by atoms with E-state index in [1.807, 2.05) is 6.92 Å². The van der Waals surface area contributed by atoms with Gasteiger partial charge in [-0.1, -0.05) is 6.92 Å². The molecule has 0 atom stereocenters. The van der Waals surface area contributed by atoms with Gasteiger partial charge in [-0.15, -0.1) is 0 Å². The maximum Gasteiger partial charge on any atom is 0.335 e. The Balaban J connectivity index is 2.17. The van der Waals surface area contributed by atoms with Crippen molar-refractivity contribution in [3.63, 3.8) is 0 Å². The number of carboxylic acid groups (broad SMARTS) is 1. The lowest BCUT2D eigenvalue weighted by Gasteiger charge is -2.06. The fourth-order valence-electron chi connectivity index (χ4n) is 1.62. The zero-order chi connectivity index (χ0) is 14.7. The van der Waals surface area contributed by atoms with E-state index in [2.05, 4.69) is 21.2 Å². The van der Waals surface area contributed by atoms with Gasteiger partial charge in [-0.3, -0.25) is 4.79 Å². The molecule has 0 saturated heterocycles. The van der Waals surface area contributed by atoms with Crippen LogP contribution in [0.25, 0.3) is 0 Å². The number of halogens is 1. The molecule has 104 valence electrons. The first kappa shape index (κ1) is 14.3. The van der Waals surface area contributed by atoms with Crippen molar-refractivity contribution in [2.75, 3.05) is 5.32 Å². The summed E-state index contributed by atoms with van der Waals surface area (Å²) in [5.74, 6) is -0.456. The molecule has 1 amide bonds. The number of carbonyl (C=O) groups excluding carboxylic acids is 1. The minimum atomic E-state index is -1.03. The van der Waals surface area contributed by atoms with E-state index < -0.39 is 5.97 Å². The van der Waals surface area contributed by atoms with Crippen molar-refractivity contribution in [3.8, 4) is 0 Å². The smallest absolute Gasteiger partial charge is 0.335 e. The van der Waals surface area contributed by atoms with E-state index in [0.717, 1.165) is 5.76 Å². The second-order valence-electron chi connectivity index (χ2n) is 4.07. The van der Waals surface area contributed by atoms with Gasteiger partial charge < -0.3 is 14.8 Å². The molecular weight excluding hydrogens is 326 g/mol. The zero-order valence-electron chi connectivity index (χ0n) is 10.6. The molecular formula is C14H12BrNO4. The SMILES string of the molecule is CCc1ccc(C(=O)Nc2ccc(C(=O)O)cc2Br)o1. The number of hydrogen-bond donors (Lipinski definition) is 2. The Morgan fingerprint density at radius 2 is 2.05 bits per heavy atom. The maximum atomic E-state index is 12.0. The summed E-state index contributed by atoms with van der Waals surface area (Å²) in [7, 11) is 0. The first-order chi connectivity index (χ1) is 9.51. The molecule has 0 aliphatic rings. The molecule has 0 unspecified atom stereocenters. The Morgan fingerprint density at radius 1 is 1.30 bits per heavy atom. The molecule has 0 saturated carbocycles. The number of furan rings is 1. The Bertz CT molecular complexity index is 663. The van der Waals surface area contributed by atoms with Crippen molar-refractivity contribution in [2.24, 2.45) is 0 Å². The third-order valence-corrected chi connectivity index (χ3v) is 3.35. The molecule has 2 N–H and O–H groups in total. The van der Waals surface area contributed by atoms with Crippen LogP contribution in [0.5, 0.6) is 0 Å². The number of carbonyl (C=O) groups is 2. The lowest BCUT2D eigenvalue weighted by Crippen LogP contribution is -2.11. The molecule has 20 heavy (non-hydrogen) atoms. The highest BCUT2D eigenvalue weighted by molar-refractivity contribution is 9.10. The van der Waals surface area contributed by atoms with E-state index in [-0.39, 0.29) is 17.2 Å². The van der Waals surface area contributed by atoms with Crippen LogP contribution in [-0.4, -0.2) is 17.0 Å². The van der Waals surface area contributed by atoms with Crippen LogP contribution in [0.1, 0.15) is 33.6 Å². The molecule has 0 aliphatic carbocycles. The summed E-state index contributed by atoms with van der Waals surface area (Å²) in [6, 6.07) is 7.72. The van der Waals surface area contributed by atoms with Gasteiger partial charge in [-0.2, -0.15) is 0 Å². The first-order valence-corrected chi connectivity index (χ1v) is 6.73. The van der Waals surface area contributed by atoms with Crippen LogP contribution in [0, 0.1) is 0 Å². The average molecular weight is 338 g/mol. The van der Waals surface area contributed by atoms with Crippen molar-refractivity contribution < 1.29 is 19.1 Å². The van der Waals surface area contributed by atoms with Crippen LogP contribution in [-0.2, 0) is 6.42 Å². The third kappa shape index (κ3) is 3.08. The van der Waals surface area contributed by atoms with Crippen LogP contribution in [0.3, 0.4) is 0 Å². The second-order valence-corrected chi connectivity index (χ2v) is 4.93. The van der Waals surface area contributed by atoms with Crippen molar-refractivity contribution >= 4 is 33.5 Å². The predicted molar refractivity (Wildman–Crippen MR) is 77.1 cm³/mol. The van der Waals surface area contributed by atoms with Gasteiger partial charge >= 0.3 is 5.97 Å². The quantitative estimate of drug-likeness (QED) is 0.893. The van der Waals surface area contributed by atoms with Gasteiger partial charge in [0.05, 0.1) is 11.3 Å². The highest BCUT2D eigenvalue weighted by Gasteiger charge is 2.13. The Kier molecular flexibility index (Phi) is 4.24. The zero-order valence-corrected chi connectivity index (χ0v) is 12.2. The second kappa shape index (κ2) is 5.92. The fraction of sp³-hybridized carbons (Fsp3) is 0.143. The van der Waals surface area contributed by atoms with Crippen molar-refractivity contribution in [3.05, 3.63) is 51.9 Å². The largest absolute Gasteiger partial charge is 0.478 e. The molecule has 0 fully saturated rings. The number of rotatable bonds is 4. The van der Waals surface area contributed by atoms with Crippen LogP contribution < -0.4 is 5.32 Å². The number of anilines is 1. The fourth-order valence-corrected chi connectivity index (χ4v) is 2.10. The molecule has 2 rings (SSSR count). The Labute approximate surface area is 123 Å². The molecule has 5 nitrogen and oxygen atoms in total. The molecule has 2 aromatic rings. The number of hydrogen-bond acceptors (Lipinski definition) is 3. The summed E-state index contributed by atoms with van der Waals surface area (Å²) in [5.41, 5.74) is 0.621. The molecule has 0 radical (unpaired) electrons. The Hall–Kier alpha value is -2.08. The van der Waals surface area contributed by atoms with E-state index in [1.54, 1.807) is 12.1 Å². The summed E-state index contributed by atoms with van der Waals surface area (Å²) < 4.78 is 5.84. The lowest BCUT2D eigenvalue weighted by atomic mass is 10.2. The summed E-state index contributed by atoms with van der Waals surface area (Å²) in [4.78, 5) is 22.8. The lowest BCUT2D eigenvalue weighted by molar-refractivity contribution is 0.0696. The minimum Gasteiger partial charge on any atom is -0.478 e. The number of amides is 1. The summed E-state index contributed by atoms with van der Waals surface area (Å²) >= 11 is 3.23. The van der Waals surface area contributed by atoms with Crippen molar-refractivity contribution in [2.45, 2.75) is 13.3 Å². The van der Waals surface area contributed by atoms with Gasteiger partial charge in [0.25, 0.3) is 5.91 Å². The van der Waals surface area contributed by atoms with Crippen molar-refractivity contribution in [1.29, 1.82) is 0 Å². The molecule has 1 aromatic carbocycles. The first-order valence-electron chi connectivity index (χ1n) is 5.94. The summed E-state index contributed by atoms with van der Waals surface area (Å²) in [5, 5.41) is 11.5. The third-order valence-electron chi connectivity index (χ3n) is 2.70. The molecule has 6 heteroatoms. The van der Waals surface area contributed by atoms with Crippen LogP contribution in [0.4, 0.5) is 5.69 Å². The van der Waals surface area contributed by atoms with Gasteiger partial charge in [-0.25, -0.2) is 4.79 Å². The van der Waals surface area contributed by atoms with E-state index in [9.17, 15) is 9.59 Å². The van der Waals surface area contributed by atoms with Crippen LogP contribution in [0.2, 0.25) is 0 Å². The highest BCUT2D eigenvalue weighted by atomic mass is 79.9. The number of nitrogens with one attached hydrogen (secondary N) is 1. The van der Waals surface area contributed by atoms with Gasteiger partial charge in [0.1, 0.15) is 5.76 Å². The molecule has 1 aromatic heterocycles. The molecule has 0 bridgehead atoms. The van der Waals surface area contributed by atoms with Gasteiger partial charge in [-0.05, 0) is 46.3 Å². The van der Waals surface area contributed by atoms with Crippen LogP contribution in [0.15, 0.2) is 39.2 Å². The number of benzene rings is 1. The maximum absolute atomic E-state index is 12.0. The minimum absolute atomic E-state index is 0.140. The normalized spacial score (nSPS) is 10.3. The Morgan fingerprint density at radius 3 is 2.60 bits per heavy atom. The standard InChI is InChI=1S/C14H12BrNO4/c1-2-9-4-6-12(20-9)13(17)16-11-5-3-8(14(18)19)7-10(11)15/h3-7H,2H2,1H3,(H,16,17)(H,18,19). The topological polar surface area (TPSA) is 79.5 Å². The van der Waals surface area contributed by atoms with Gasteiger partial charge in [0.15, 0.2) is 5.76 Å². The van der Waals surface area contributed by atoms with E-state index >= 15 is 0 Å². The molecule has 0 aliphatic heterocycles. The monoisotopic (exact) mass is 337 g/mol. The number of aromatic carboxylic acids is 1. The van der Waals surface area contributed by atoms with Gasteiger partial charge in [0.2, 0.25) is 0 Å². The highest BCUT2D eigenvalue weighted by Crippen LogP contribution is 2.24. The van der Waals surface area contributed by atoms with E-state index in [0.29, 0.717) is 16.6 Å². The van der Waals surface area contributed by atoms with Crippen molar-refractivity contribution in [1.82, 2.24) is 0 Å².